The lowest BCUT2D eigenvalue weighted by Crippen LogP contribution is -2.42. The van der Waals surface area contributed by atoms with Crippen LogP contribution in [0.5, 0.6) is 0 Å². The lowest BCUT2D eigenvalue weighted by molar-refractivity contribution is 0.306. The van der Waals surface area contributed by atoms with Crippen molar-refractivity contribution in [2.24, 2.45) is 0 Å². The summed E-state index contributed by atoms with van der Waals surface area (Å²) in [7, 11) is 1.79. The molecule has 82 valence electrons. The molecule has 0 saturated heterocycles. The fraction of sp³-hybridized carbons (Fsp3) is 0.600. The van der Waals surface area contributed by atoms with Gasteiger partial charge in [-0.25, -0.2) is 4.98 Å². The fourth-order valence-corrected chi connectivity index (χ4v) is 1.83. The van der Waals surface area contributed by atoms with E-state index in [2.05, 4.69) is 27.5 Å². The Morgan fingerprint density at radius 3 is 2.73 bits per heavy atom. The molecule has 2 rings (SSSR count). The quantitative estimate of drug-likeness (QED) is 0.832. The Balaban J connectivity index is 2.19. The Labute approximate surface area is 94.5 Å². The van der Waals surface area contributed by atoms with Crippen LogP contribution in [0.4, 0.5) is 11.8 Å². The first kappa shape index (κ1) is 10.5. The molecule has 0 aliphatic heterocycles. The molecule has 15 heavy (non-hydrogen) atoms. The summed E-state index contributed by atoms with van der Waals surface area (Å²) in [5, 5.41) is 6.84. The van der Waals surface area contributed by atoms with Crippen LogP contribution in [-0.2, 0) is 0 Å². The number of anilines is 2. The van der Waals surface area contributed by atoms with E-state index in [9.17, 15) is 0 Å². The van der Waals surface area contributed by atoms with E-state index >= 15 is 0 Å². The second-order valence-electron chi connectivity index (χ2n) is 4.18. The van der Waals surface area contributed by atoms with Crippen LogP contribution in [0.2, 0.25) is 5.02 Å². The summed E-state index contributed by atoms with van der Waals surface area (Å²) in [6, 6.07) is 0. The van der Waals surface area contributed by atoms with Crippen molar-refractivity contribution in [3.63, 3.8) is 0 Å². The number of halogens is 1. The Kier molecular flexibility index (Phi) is 2.69. The summed E-state index contributed by atoms with van der Waals surface area (Å²) in [5.41, 5.74) is 0.156. The molecular weight excluding hydrogens is 212 g/mol. The molecule has 0 amide bonds. The van der Waals surface area contributed by atoms with Crippen LogP contribution < -0.4 is 10.6 Å². The molecule has 0 spiro atoms. The third-order valence-electron chi connectivity index (χ3n) is 2.84. The minimum atomic E-state index is 0.156. The zero-order chi connectivity index (χ0) is 10.9. The van der Waals surface area contributed by atoms with Crippen LogP contribution in [-0.4, -0.2) is 22.6 Å². The lowest BCUT2D eigenvalue weighted by atomic mass is 9.78. The van der Waals surface area contributed by atoms with Crippen LogP contribution in [0.15, 0.2) is 6.20 Å². The number of nitrogens with one attached hydrogen (secondary N) is 2. The van der Waals surface area contributed by atoms with Crippen molar-refractivity contribution in [2.45, 2.75) is 31.7 Å². The Bertz CT molecular complexity index is 362. The Morgan fingerprint density at radius 1 is 1.47 bits per heavy atom. The Morgan fingerprint density at radius 2 is 2.20 bits per heavy atom. The third kappa shape index (κ3) is 2.15. The average molecular weight is 227 g/mol. The van der Waals surface area contributed by atoms with Gasteiger partial charge < -0.3 is 10.6 Å². The minimum Gasteiger partial charge on any atom is -0.364 e. The predicted molar refractivity (Wildman–Crippen MR) is 62.5 cm³/mol. The highest BCUT2D eigenvalue weighted by molar-refractivity contribution is 6.32. The maximum atomic E-state index is 6.03. The molecule has 1 aliphatic carbocycles. The lowest BCUT2D eigenvalue weighted by Gasteiger charge is -2.39. The summed E-state index contributed by atoms with van der Waals surface area (Å²) >= 11 is 6.03. The molecule has 0 bridgehead atoms. The van der Waals surface area contributed by atoms with Crippen LogP contribution in [0.1, 0.15) is 26.2 Å². The van der Waals surface area contributed by atoms with Gasteiger partial charge in [0, 0.05) is 12.6 Å². The molecule has 1 saturated carbocycles. The molecule has 1 aliphatic rings. The fourth-order valence-electron chi connectivity index (χ4n) is 1.69. The van der Waals surface area contributed by atoms with Crippen molar-refractivity contribution in [3.05, 3.63) is 11.2 Å². The third-order valence-corrected chi connectivity index (χ3v) is 3.12. The van der Waals surface area contributed by atoms with Gasteiger partial charge in [-0.1, -0.05) is 11.6 Å². The zero-order valence-corrected chi connectivity index (χ0v) is 9.73. The number of rotatable bonds is 3. The summed E-state index contributed by atoms with van der Waals surface area (Å²) in [6.07, 6.45) is 5.22. The van der Waals surface area contributed by atoms with Crippen molar-refractivity contribution in [2.75, 3.05) is 17.7 Å². The highest BCUT2D eigenvalue weighted by Crippen LogP contribution is 2.35. The molecule has 1 heterocycles. The minimum absolute atomic E-state index is 0.156. The second kappa shape index (κ2) is 3.85. The van der Waals surface area contributed by atoms with Gasteiger partial charge in [0.15, 0.2) is 5.82 Å². The molecule has 0 unspecified atom stereocenters. The normalized spacial score (nSPS) is 18.1. The van der Waals surface area contributed by atoms with Crippen molar-refractivity contribution < 1.29 is 0 Å². The average Bonchev–Trinajstić information content (AvgIpc) is 2.19. The topological polar surface area (TPSA) is 49.8 Å². The highest BCUT2D eigenvalue weighted by atomic mass is 35.5. The van der Waals surface area contributed by atoms with Crippen LogP contribution in [0, 0.1) is 0 Å². The SMILES string of the molecule is CNc1ncc(Cl)c(NC2(C)CCC2)n1. The Hall–Kier alpha value is -1.03. The van der Waals surface area contributed by atoms with Gasteiger partial charge in [0.05, 0.1) is 6.20 Å². The first-order valence-electron chi connectivity index (χ1n) is 5.11. The van der Waals surface area contributed by atoms with Crippen LogP contribution in [0.3, 0.4) is 0 Å². The van der Waals surface area contributed by atoms with E-state index in [4.69, 9.17) is 11.6 Å². The van der Waals surface area contributed by atoms with Gasteiger partial charge in [0.2, 0.25) is 5.95 Å². The molecular formula is C10H15ClN4. The number of nitrogens with zero attached hydrogens (tertiary/aromatic N) is 2. The summed E-state index contributed by atoms with van der Waals surface area (Å²) in [6.45, 7) is 2.19. The van der Waals surface area contributed by atoms with Crippen molar-refractivity contribution in [3.8, 4) is 0 Å². The van der Waals surface area contributed by atoms with Crippen molar-refractivity contribution in [1.29, 1.82) is 0 Å². The van der Waals surface area contributed by atoms with Crippen LogP contribution >= 0.6 is 11.6 Å². The van der Waals surface area contributed by atoms with Gasteiger partial charge in [0.25, 0.3) is 0 Å². The van der Waals surface area contributed by atoms with Crippen molar-refractivity contribution >= 4 is 23.4 Å². The molecule has 1 fully saturated rings. The van der Waals surface area contributed by atoms with E-state index in [1.54, 1.807) is 13.2 Å². The molecule has 0 radical (unpaired) electrons. The summed E-state index contributed by atoms with van der Waals surface area (Å²) in [4.78, 5) is 8.33. The second-order valence-corrected chi connectivity index (χ2v) is 4.59. The predicted octanol–water partition coefficient (Wildman–Crippen LogP) is 2.53. The van der Waals surface area contributed by atoms with E-state index in [0.717, 1.165) is 5.82 Å². The van der Waals surface area contributed by atoms with E-state index in [0.29, 0.717) is 11.0 Å². The first-order chi connectivity index (χ1) is 7.13. The van der Waals surface area contributed by atoms with Crippen LogP contribution in [0.25, 0.3) is 0 Å². The van der Waals surface area contributed by atoms with Gasteiger partial charge in [-0.15, -0.1) is 0 Å². The molecule has 1 aromatic rings. The maximum Gasteiger partial charge on any atom is 0.224 e. The molecule has 4 nitrogen and oxygen atoms in total. The van der Waals surface area contributed by atoms with Gasteiger partial charge in [-0.05, 0) is 26.2 Å². The zero-order valence-electron chi connectivity index (χ0n) is 8.97. The van der Waals surface area contributed by atoms with E-state index < -0.39 is 0 Å². The summed E-state index contributed by atoms with van der Waals surface area (Å²) in [5.74, 6) is 1.31. The molecule has 5 heteroatoms. The van der Waals surface area contributed by atoms with E-state index in [1.165, 1.54) is 19.3 Å². The smallest absolute Gasteiger partial charge is 0.224 e. The number of hydrogen-bond donors (Lipinski definition) is 2. The summed E-state index contributed by atoms with van der Waals surface area (Å²) < 4.78 is 0. The molecule has 2 N–H and O–H groups in total. The molecule has 0 aromatic carbocycles. The van der Waals surface area contributed by atoms with Gasteiger partial charge in [-0.2, -0.15) is 4.98 Å². The van der Waals surface area contributed by atoms with E-state index in [-0.39, 0.29) is 5.54 Å². The molecule has 1 aromatic heterocycles. The van der Waals surface area contributed by atoms with E-state index in [1.807, 2.05) is 0 Å². The van der Waals surface area contributed by atoms with Gasteiger partial charge in [-0.3, -0.25) is 0 Å². The highest BCUT2D eigenvalue weighted by Gasteiger charge is 2.32. The largest absolute Gasteiger partial charge is 0.364 e. The molecule has 0 atom stereocenters. The number of hydrogen-bond acceptors (Lipinski definition) is 4. The first-order valence-corrected chi connectivity index (χ1v) is 5.49. The number of aromatic nitrogens is 2. The standard InChI is InChI=1S/C10H15ClN4/c1-10(4-3-5-10)15-8-7(11)6-13-9(12-2)14-8/h6H,3-5H2,1-2H3,(H2,12,13,14,15). The van der Waals surface area contributed by atoms with Gasteiger partial charge >= 0.3 is 0 Å². The maximum absolute atomic E-state index is 6.03. The monoisotopic (exact) mass is 226 g/mol. The van der Waals surface area contributed by atoms with Gasteiger partial charge in [0.1, 0.15) is 5.02 Å². The van der Waals surface area contributed by atoms with Crippen molar-refractivity contribution in [1.82, 2.24) is 9.97 Å².